The molecule has 0 aromatic heterocycles. The van der Waals surface area contributed by atoms with Crippen molar-refractivity contribution in [1.82, 2.24) is 15.1 Å². The summed E-state index contributed by atoms with van der Waals surface area (Å²) in [5.41, 5.74) is -0.482. The Hall–Kier alpha value is -1.89. The van der Waals surface area contributed by atoms with Crippen molar-refractivity contribution in [2.24, 2.45) is 11.8 Å². The first-order valence-electron chi connectivity index (χ1n) is 8.88. The van der Waals surface area contributed by atoms with Gasteiger partial charge >= 0.3 is 6.03 Å². The van der Waals surface area contributed by atoms with E-state index in [1.54, 1.807) is 24.0 Å². The van der Waals surface area contributed by atoms with E-state index in [-0.39, 0.29) is 12.5 Å². The van der Waals surface area contributed by atoms with Gasteiger partial charge in [0, 0.05) is 17.6 Å². The molecule has 3 atom stereocenters. The Morgan fingerprint density at radius 2 is 1.92 bits per heavy atom. The summed E-state index contributed by atoms with van der Waals surface area (Å²) >= 11 is 3.39. The van der Waals surface area contributed by atoms with Crippen LogP contribution in [0.25, 0.3) is 0 Å². The molecule has 7 heteroatoms. The molecule has 2 aliphatic rings. The summed E-state index contributed by atoms with van der Waals surface area (Å²) in [6, 6.07) is 6.74. The zero-order valence-electron chi connectivity index (χ0n) is 15.3. The third kappa shape index (κ3) is 3.49. The quantitative estimate of drug-likeness (QED) is 0.762. The summed E-state index contributed by atoms with van der Waals surface area (Å²) in [6.45, 7) is 7.05. The second-order valence-corrected chi connectivity index (χ2v) is 8.62. The highest BCUT2D eigenvalue weighted by Gasteiger charge is 2.49. The van der Waals surface area contributed by atoms with Gasteiger partial charge in [0.1, 0.15) is 12.1 Å². The van der Waals surface area contributed by atoms with Crippen molar-refractivity contribution in [2.45, 2.75) is 32.7 Å². The van der Waals surface area contributed by atoms with E-state index in [1.165, 1.54) is 0 Å². The summed E-state index contributed by atoms with van der Waals surface area (Å²) in [4.78, 5) is 40.9. The van der Waals surface area contributed by atoms with E-state index in [4.69, 9.17) is 0 Å². The maximum Gasteiger partial charge on any atom is 0.325 e. The highest BCUT2D eigenvalue weighted by molar-refractivity contribution is 9.10. The summed E-state index contributed by atoms with van der Waals surface area (Å²) in [5, 5.41) is 2.75. The number of hydrogen-bond donors (Lipinski definition) is 1. The van der Waals surface area contributed by atoms with Crippen LogP contribution >= 0.6 is 15.9 Å². The minimum absolute atomic E-state index is 0.176. The first-order chi connectivity index (χ1) is 12.2. The average molecular weight is 422 g/mol. The number of nitrogens with one attached hydrogen (secondary N) is 1. The lowest BCUT2D eigenvalue weighted by molar-refractivity contribution is -0.140. The smallest absolute Gasteiger partial charge is 0.325 e. The second kappa shape index (κ2) is 7.02. The Kier molecular flexibility index (Phi) is 5.10. The molecule has 26 heavy (non-hydrogen) atoms. The van der Waals surface area contributed by atoms with Gasteiger partial charge in [-0.25, -0.2) is 4.79 Å². The number of benzene rings is 1. The van der Waals surface area contributed by atoms with Gasteiger partial charge in [0.15, 0.2) is 0 Å². The SMILES string of the molecule is CC1CC(C)CN(C(=O)CN2C(=O)NC(C)(c3cccc(Br)c3)C2=O)C1. The van der Waals surface area contributed by atoms with Crippen molar-refractivity contribution in [2.75, 3.05) is 19.6 Å². The van der Waals surface area contributed by atoms with Crippen molar-refractivity contribution in [3.05, 3.63) is 34.3 Å². The molecule has 2 aliphatic heterocycles. The number of rotatable bonds is 3. The molecule has 1 aromatic carbocycles. The molecule has 1 N–H and O–H groups in total. The molecule has 2 saturated heterocycles. The summed E-state index contributed by atoms with van der Waals surface area (Å²) < 4.78 is 0.823. The topological polar surface area (TPSA) is 69.7 Å². The summed E-state index contributed by atoms with van der Waals surface area (Å²) in [7, 11) is 0. The zero-order chi connectivity index (χ0) is 19.1. The van der Waals surface area contributed by atoms with Gasteiger partial charge < -0.3 is 10.2 Å². The van der Waals surface area contributed by atoms with Crippen molar-refractivity contribution >= 4 is 33.8 Å². The zero-order valence-corrected chi connectivity index (χ0v) is 16.9. The molecular formula is C19H24BrN3O3. The van der Waals surface area contributed by atoms with E-state index in [2.05, 4.69) is 35.1 Å². The maximum absolute atomic E-state index is 13.0. The normalized spacial score (nSPS) is 29.1. The Morgan fingerprint density at radius 3 is 2.54 bits per heavy atom. The van der Waals surface area contributed by atoms with E-state index in [0.29, 0.717) is 30.5 Å². The van der Waals surface area contributed by atoms with Crippen LogP contribution in [0.3, 0.4) is 0 Å². The lowest BCUT2D eigenvalue weighted by Gasteiger charge is -2.35. The monoisotopic (exact) mass is 421 g/mol. The van der Waals surface area contributed by atoms with Crippen molar-refractivity contribution < 1.29 is 14.4 Å². The molecule has 0 radical (unpaired) electrons. The molecule has 0 saturated carbocycles. The predicted octanol–water partition coefficient (Wildman–Crippen LogP) is 2.72. The van der Waals surface area contributed by atoms with E-state index in [0.717, 1.165) is 15.8 Å². The predicted molar refractivity (Wildman–Crippen MR) is 101 cm³/mol. The molecule has 6 nitrogen and oxygen atoms in total. The minimum atomic E-state index is -1.16. The van der Waals surface area contributed by atoms with Crippen LogP contribution in [0, 0.1) is 11.8 Å². The maximum atomic E-state index is 13.0. The Bertz CT molecular complexity index is 743. The number of carbonyl (C=O) groups excluding carboxylic acids is 3. The van der Waals surface area contributed by atoms with Crippen molar-refractivity contribution in [3.8, 4) is 0 Å². The lowest BCUT2D eigenvalue weighted by atomic mass is 9.91. The highest BCUT2D eigenvalue weighted by Crippen LogP contribution is 2.30. The second-order valence-electron chi connectivity index (χ2n) is 7.70. The first-order valence-corrected chi connectivity index (χ1v) is 9.68. The van der Waals surface area contributed by atoms with Crippen molar-refractivity contribution in [3.63, 3.8) is 0 Å². The molecule has 0 aliphatic carbocycles. The number of carbonyl (C=O) groups is 3. The van der Waals surface area contributed by atoms with Gasteiger partial charge in [0.25, 0.3) is 5.91 Å². The van der Waals surface area contributed by atoms with Crippen LogP contribution in [0.1, 0.15) is 32.8 Å². The highest BCUT2D eigenvalue weighted by atomic mass is 79.9. The van der Waals surface area contributed by atoms with Gasteiger partial charge in [-0.15, -0.1) is 0 Å². The standard InChI is InChI=1S/C19H24BrN3O3/c1-12-7-13(2)10-22(9-12)16(24)11-23-17(25)19(3,21-18(23)26)14-5-4-6-15(20)8-14/h4-6,8,12-13H,7,9-11H2,1-3H3,(H,21,26). The number of imide groups is 1. The number of urea groups is 1. The minimum Gasteiger partial charge on any atom is -0.341 e. The lowest BCUT2D eigenvalue weighted by Crippen LogP contribution is -2.48. The van der Waals surface area contributed by atoms with Gasteiger partial charge in [0.2, 0.25) is 5.91 Å². The largest absolute Gasteiger partial charge is 0.341 e. The van der Waals surface area contributed by atoms with E-state index < -0.39 is 17.5 Å². The third-order valence-electron chi connectivity index (χ3n) is 5.19. The van der Waals surface area contributed by atoms with Gasteiger partial charge in [-0.1, -0.05) is 41.9 Å². The summed E-state index contributed by atoms with van der Waals surface area (Å²) in [5.74, 6) is 0.285. The number of amides is 4. The van der Waals surface area contributed by atoms with Gasteiger partial charge in [-0.2, -0.15) is 0 Å². The van der Waals surface area contributed by atoms with Crippen LogP contribution in [0.2, 0.25) is 0 Å². The molecule has 0 bridgehead atoms. The van der Waals surface area contributed by atoms with Gasteiger partial charge in [0.05, 0.1) is 0 Å². The van der Waals surface area contributed by atoms with Crippen LogP contribution in [-0.2, 0) is 15.1 Å². The van der Waals surface area contributed by atoms with E-state index >= 15 is 0 Å². The Balaban J connectivity index is 1.76. The molecular weight excluding hydrogens is 398 g/mol. The Morgan fingerprint density at radius 1 is 1.27 bits per heavy atom. The average Bonchev–Trinajstić information content (AvgIpc) is 2.78. The van der Waals surface area contributed by atoms with Crippen LogP contribution in [0.4, 0.5) is 4.79 Å². The number of piperidine rings is 1. The molecule has 2 heterocycles. The van der Waals surface area contributed by atoms with Crippen LogP contribution in [-0.4, -0.2) is 47.3 Å². The summed E-state index contributed by atoms with van der Waals surface area (Å²) in [6.07, 6.45) is 1.09. The van der Waals surface area contributed by atoms with E-state index in [9.17, 15) is 14.4 Å². The van der Waals surface area contributed by atoms with Crippen LogP contribution in [0.15, 0.2) is 28.7 Å². The molecule has 140 valence electrons. The van der Waals surface area contributed by atoms with E-state index in [1.807, 2.05) is 12.1 Å². The third-order valence-corrected chi connectivity index (χ3v) is 5.69. The van der Waals surface area contributed by atoms with Crippen LogP contribution in [0.5, 0.6) is 0 Å². The Labute approximate surface area is 162 Å². The number of nitrogens with zero attached hydrogens (tertiary/aromatic N) is 2. The van der Waals surface area contributed by atoms with Gasteiger partial charge in [-0.3, -0.25) is 14.5 Å². The van der Waals surface area contributed by atoms with Crippen LogP contribution < -0.4 is 5.32 Å². The number of halogens is 1. The fourth-order valence-electron chi connectivity index (χ4n) is 3.94. The first kappa shape index (κ1) is 18.9. The molecule has 3 rings (SSSR count). The molecule has 2 fully saturated rings. The fourth-order valence-corrected chi connectivity index (χ4v) is 4.34. The molecule has 0 spiro atoms. The molecule has 3 unspecified atom stereocenters. The number of likely N-dealkylation sites (tertiary alicyclic amines) is 1. The molecule has 1 aromatic rings. The fraction of sp³-hybridized carbons (Fsp3) is 0.526. The van der Waals surface area contributed by atoms with Crippen molar-refractivity contribution in [1.29, 1.82) is 0 Å². The van der Waals surface area contributed by atoms with Gasteiger partial charge in [-0.05, 0) is 42.9 Å². The molecule has 4 amide bonds. The number of hydrogen-bond acceptors (Lipinski definition) is 3.